The van der Waals surface area contributed by atoms with E-state index in [1.807, 2.05) is 11.8 Å². The monoisotopic (exact) mass is 433 g/mol. The van der Waals surface area contributed by atoms with Crippen molar-refractivity contribution in [3.63, 3.8) is 0 Å². The summed E-state index contributed by atoms with van der Waals surface area (Å²) in [5.41, 5.74) is 0.115. The summed E-state index contributed by atoms with van der Waals surface area (Å²) in [6.45, 7) is 16.6. The highest BCUT2D eigenvalue weighted by Gasteiger charge is 2.58. The number of hydrogen-bond donors (Lipinski definition) is 0. The van der Waals surface area contributed by atoms with E-state index in [2.05, 4.69) is 51.7 Å². The van der Waals surface area contributed by atoms with Crippen LogP contribution in [0, 0.1) is 16.7 Å². The maximum absolute atomic E-state index is 13.6. The number of amides is 2. The molecule has 1 aromatic rings. The van der Waals surface area contributed by atoms with E-state index in [1.165, 1.54) is 0 Å². The standard InChI is InChI=1S/C24H39N3O2S/c1-8-9-11-17-16-27(22(2,3)4)30-19(17)25-21(29)24(7)13-12-18(23(24,5)6)20(28)26-14-10-15-26/h16,18H,8-15H2,1-7H3/b25-19-/t18-,24+/m1/s1. The highest BCUT2D eigenvalue weighted by Crippen LogP contribution is 2.57. The van der Waals surface area contributed by atoms with Crippen molar-refractivity contribution in [3.05, 3.63) is 16.4 Å². The SMILES string of the molecule is CCCCc1cn(C(C)(C)C)s/c1=N\C(=O)[C@]1(C)CC[C@H](C(=O)N2CCC2)C1(C)C. The molecule has 1 aliphatic carbocycles. The summed E-state index contributed by atoms with van der Waals surface area (Å²) >= 11 is 1.58. The number of unbranched alkanes of at least 4 members (excludes halogenated alkanes) is 1. The Morgan fingerprint density at radius 3 is 2.43 bits per heavy atom. The van der Waals surface area contributed by atoms with Gasteiger partial charge in [0, 0.05) is 36.3 Å². The first-order valence-corrected chi connectivity index (χ1v) is 12.3. The van der Waals surface area contributed by atoms with Crippen LogP contribution in [0.5, 0.6) is 0 Å². The second-order valence-corrected chi connectivity index (χ2v) is 11.9. The molecule has 2 atom stereocenters. The zero-order valence-electron chi connectivity index (χ0n) is 19.9. The second kappa shape index (κ2) is 8.25. The van der Waals surface area contributed by atoms with Crippen LogP contribution in [0.25, 0.3) is 0 Å². The number of nitrogens with zero attached hydrogens (tertiary/aromatic N) is 3. The molecule has 2 aliphatic rings. The van der Waals surface area contributed by atoms with E-state index in [0.717, 1.165) is 61.8 Å². The van der Waals surface area contributed by atoms with Gasteiger partial charge in [0.05, 0.1) is 5.41 Å². The topological polar surface area (TPSA) is 54.7 Å². The third kappa shape index (κ3) is 4.04. The Kier molecular flexibility index (Phi) is 6.39. The lowest BCUT2D eigenvalue weighted by atomic mass is 9.65. The van der Waals surface area contributed by atoms with Gasteiger partial charge in [-0.05, 0) is 69.8 Å². The molecule has 5 nitrogen and oxygen atoms in total. The summed E-state index contributed by atoms with van der Waals surface area (Å²) in [4.78, 5) is 33.2. The van der Waals surface area contributed by atoms with Crippen LogP contribution < -0.4 is 4.67 Å². The van der Waals surface area contributed by atoms with Crippen molar-refractivity contribution in [2.75, 3.05) is 13.1 Å². The fourth-order valence-corrected chi connectivity index (χ4v) is 5.66. The number of aromatic nitrogens is 1. The van der Waals surface area contributed by atoms with Crippen LogP contribution in [0.2, 0.25) is 0 Å². The molecule has 1 saturated heterocycles. The van der Waals surface area contributed by atoms with Gasteiger partial charge in [0.1, 0.15) is 4.67 Å². The summed E-state index contributed by atoms with van der Waals surface area (Å²) in [6, 6.07) is 0. The van der Waals surface area contributed by atoms with E-state index >= 15 is 0 Å². The minimum absolute atomic E-state index is 0.0340. The summed E-state index contributed by atoms with van der Waals surface area (Å²) in [5, 5.41) is 0. The van der Waals surface area contributed by atoms with Crippen molar-refractivity contribution in [1.29, 1.82) is 0 Å². The average molecular weight is 434 g/mol. The minimum Gasteiger partial charge on any atom is -0.342 e. The molecule has 0 radical (unpaired) electrons. The van der Waals surface area contributed by atoms with Crippen LogP contribution in [0.15, 0.2) is 11.2 Å². The number of carbonyl (C=O) groups excluding carboxylic acids is 2. The molecule has 0 N–H and O–H groups in total. The molecule has 0 unspecified atom stereocenters. The lowest BCUT2D eigenvalue weighted by molar-refractivity contribution is -0.145. The van der Waals surface area contributed by atoms with E-state index in [1.54, 1.807) is 11.5 Å². The number of hydrogen-bond acceptors (Lipinski definition) is 3. The van der Waals surface area contributed by atoms with E-state index in [0.29, 0.717) is 0 Å². The fraction of sp³-hybridized carbons (Fsp3) is 0.792. The average Bonchev–Trinajstić information content (AvgIpc) is 3.10. The van der Waals surface area contributed by atoms with E-state index in [4.69, 9.17) is 4.99 Å². The molecule has 168 valence electrons. The maximum atomic E-state index is 13.6. The molecular formula is C24H39N3O2S. The van der Waals surface area contributed by atoms with Gasteiger partial charge in [0.15, 0.2) is 0 Å². The smallest absolute Gasteiger partial charge is 0.253 e. The molecule has 0 spiro atoms. The third-order valence-electron chi connectivity index (χ3n) is 7.56. The molecule has 0 aromatic carbocycles. The lowest BCUT2D eigenvalue weighted by Gasteiger charge is -2.42. The number of aryl methyl sites for hydroxylation is 1. The molecule has 6 heteroatoms. The first kappa shape index (κ1) is 23.2. The van der Waals surface area contributed by atoms with E-state index in [9.17, 15) is 9.59 Å². The van der Waals surface area contributed by atoms with Gasteiger partial charge in [-0.2, -0.15) is 0 Å². The Bertz CT molecular complexity index is 870. The molecule has 2 heterocycles. The highest BCUT2D eigenvalue weighted by atomic mass is 32.1. The third-order valence-corrected chi connectivity index (χ3v) is 8.94. The predicted octanol–water partition coefficient (Wildman–Crippen LogP) is 4.75. The van der Waals surface area contributed by atoms with Crippen LogP contribution in [0.3, 0.4) is 0 Å². The van der Waals surface area contributed by atoms with Crippen molar-refractivity contribution in [1.82, 2.24) is 8.86 Å². The summed E-state index contributed by atoms with van der Waals surface area (Å²) in [6.07, 6.45) is 7.91. The van der Waals surface area contributed by atoms with Gasteiger partial charge in [0.25, 0.3) is 5.91 Å². The zero-order valence-corrected chi connectivity index (χ0v) is 20.7. The van der Waals surface area contributed by atoms with Gasteiger partial charge in [-0.25, -0.2) is 4.99 Å². The summed E-state index contributed by atoms with van der Waals surface area (Å²) in [7, 11) is 0. The van der Waals surface area contributed by atoms with Crippen LogP contribution in [-0.2, 0) is 21.5 Å². The molecule has 1 saturated carbocycles. The highest BCUT2D eigenvalue weighted by molar-refractivity contribution is 7.04. The number of rotatable bonds is 5. The van der Waals surface area contributed by atoms with Gasteiger partial charge >= 0.3 is 0 Å². The Morgan fingerprint density at radius 2 is 1.90 bits per heavy atom. The largest absolute Gasteiger partial charge is 0.342 e. The Morgan fingerprint density at radius 1 is 1.23 bits per heavy atom. The molecule has 1 aromatic heterocycles. The first-order valence-electron chi connectivity index (χ1n) is 11.5. The van der Waals surface area contributed by atoms with Gasteiger partial charge < -0.3 is 4.90 Å². The molecule has 2 fully saturated rings. The van der Waals surface area contributed by atoms with Gasteiger partial charge in [0.2, 0.25) is 5.91 Å². The second-order valence-electron chi connectivity index (χ2n) is 10.9. The molecule has 3 rings (SSSR count). The summed E-state index contributed by atoms with van der Waals surface area (Å²) < 4.78 is 3.06. The molecule has 2 amide bonds. The van der Waals surface area contributed by atoms with Crippen LogP contribution in [0.4, 0.5) is 0 Å². The maximum Gasteiger partial charge on any atom is 0.253 e. The van der Waals surface area contributed by atoms with Crippen molar-refractivity contribution >= 4 is 23.3 Å². The lowest BCUT2D eigenvalue weighted by Crippen LogP contribution is -2.50. The van der Waals surface area contributed by atoms with Crippen molar-refractivity contribution in [2.24, 2.45) is 21.7 Å². The minimum atomic E-state index is -0.614. The van der Waals surface area contributed by atoms with Crippen LogP contribution >= 0.6 is 11.5 Å². The van der Waals surface area contributed by atoms with Crippen LogP contribution in [-0.4, -0.2) is 33.8 Å². The number of carbonyl (C=O) groups is 2. The van der Waals surface area contributed by atoms with Gasteiger partial charge in [-0.3, -0.25) is 13.5 Å². The quantitative estimate of drug-likeness (QED) is 0.673. The zero-order chi connectivity index (χ0) is 22.3. The predicted molar refractivity (Wildman–Crippen MR) is 122 cm³/mol. The molecular weight excluding hydrogens is 394 g/mol. The summed E-state index contributed by atoms with van der Waals surface area (Å²) in [5.74, 6) is 0.0736. The van der Waals surface area contributed by atoms with Crippen molar-refractivity contribution in [3.8, 4) is 0 Å². The molecule has 1 aliphatic heterocycles. The van der Waals surface area contributed by atoms with E-state index in [-0.39, 0.29) is 23.3 Å². The normalized spacial score (nSPS) is 26.7. The molecule has 30 heavy (non-hydrogen) atoms. The van der Waals surface area contributed by atoms with Crippen LogP contribution in [0.1, 0.15) is 86.1 Å². The van der Waals surface area contributed by atoms with Gasteiger partial charge in [-0.15, -0.1) is 0 Å². The fourth-order valence-electron chi connectivity index (χ4n) is 4.62. The number of likely N-dealkylation sites (tertiary alicyclic amines) is 1. The Balaban J connectivity index is 1.93. The Labute approximate surface area is 185 Å². The van der Waals surface area contributed by atoms with Crippen molar-refractivity contribution < 1.29 is 9.59 Å². The Hall–Kier alpha value is -1.43. The first-order chi connectivity index (χ1) is 13.9. The van der Waals surface area contributed by atoms with E-state index < -0.39 is 10.8 Å². The molecule has 0 bridgehead atoms. The van der Waals surface area contributed by atoms with Gasteiger partial charge in [-0.1, -0.05) is 34.1 Å². The van der Waals surface area contributed by atoms with Crippen molar-refractivity contribution in [2.45, 2.75) is 92.5 Å².